The molecule has 0 aliphatic heterocycles. The van der Waals surface area contributed by atoms with Crippen molar-refractivity contribution in [1.29, 1.82) is 0 Å². The Morgan fingerprint density at radius 3 is 3.00 bits per heavy atom. The van der Waals surface area contributed by atoms with E-state index < -0.39 is 0 Å². The lowest BCUT2D eigenvalue weighted by molar-refractivity contribution is 0.871. The van der Waals surface area contributed by atoms with Gasteiger partial charge in [-0.15, -0.1) is 5.73 Å². The Balaban J connectivity index is 2.75. The lowest BCUT2D eigenvalue weighted by Gasteiger charge is -1.98. The summed E-state index contributed by atoms with van der Waals surface area (Å²) in [5.41, 5.74) is 6.00. The van der Waals surface area contributed by atoms with Crippen molar-refractivity contribution >= 4 is 17.9 Å². The van der Waals surface area contributed by atoms with Crippen LogP contribution in [0, 0.1) is 6.92 Å². The van der Waals surface area contributed by atoms with E-state index in [1.807, 2.05) is 0 Å². The smallest absolute Gasteiger partial charge is 0.0527 e. The molecule has 15 heavy (non-hydrogen) atoms. The van der Waals surface area contributed by atoms with E-state index in [0.717, 1.165) is 12.8 Å². The molecule has 1 nitrogen and oxygen atoms in total. The predicted molar refractivity (Wildman–Crippen MR) is 65.8 cm³/mol. The molecule has 1 aromatic rings. The molecular weight excluding hydrogens is 182 g/mol. The van der Waals surface area contributed by atoms with Crippen LogP contribution in [0.4, 0.5) is 0 Å². The van der Waals surface area contributed by atoms with Gasteiger partial charge in [-0.1, -0.05) is 19.1 Å². The van der Waals surface area contributed by atoms with Gasteiger partial charge in [0.05, 0.1) is 5.35 Å². The fourth-order valence-corrected chi connectivity index (χ4v) is 2.09. The maximum absolute atomic E-state index is 3.36. The van der Waals surface area contributed by atoms with E-state index in [4.69, 9.17) is 0 Å². The third-order valence-corrected chi connectivity index (χ3v) is 2.92. The zero-order chi connectivity index (χ0) is 10.8. The van der Waals surface area contributed by atoms with Gasteiger partial charge in [-0.3, -0.25) is 0 Å². The van der Waals surface area contributed by atoms with Gasteiger partial charge in [-0.2, -0.15) is 0 Å². The van der Waals surface area contributed by atoms with Crippen LogP contribution in [0.2, 0.25) is 0 Å². The molecule has 0 unspecified atom stereocenters. The summed E-state index contributed by atoms with van der Waals surface area (Å²) >= 11 is 0. The fraction of sp³-hybridized carbons (Fsp3) is 0.357. The van der Waals surface area contributed by atoms with Crippen molar-refractivity contribution in [1.82, 2.24) is 4.57 Å². The van der Waals surface area contributed by atoms with Crippen molar-refractivity contribution < 1.29 is 0 Å². The largest absolute Gasteiger partial charge is 0.344 e. The minimum Gasteiger partial charge on any atom is -0.344 e. The maximum Gasteiger partial charge on any atom is 0.0527 e. The van der Waals surface area contributed by atoms with E-state index in [9.17, 15) is 0 Å². The van der Waals surface area contributed by atoms with Gasteiger partial charge in [0.25, 0.3) is 0 Å². The fourth-order valence-electron chi connectivity index (χ4n) is 2.09. The average Bonchev–Trinajstić information content (AvgIpc) is 2.51. The molecule has 0 fully saturated rings. The second-order valence-electron chi connectivity index (χ2n) is 3.93. The Hall–Kier alpha value is -1.46. The van der Waals surface area contributed by atoms with Crippen molar-refractivity contribution in [3.8, 4) is 0 Å². The van der Waals surface area contributed by atoms with E-state index in [0.29, 0.717) is 0 Å². The highest BCUT2D eigenvalue weighted by molar-refractivity contribution is 5.54. The quantitative estimate of drug-likeness (QED) is 0.685. The number of aromatic nitrogens is 1. The number of hydrogen-bond acceptors (Lipinski definition) is 0. The average molecular weight is 199 g/mol. The van der Waals surface area contributed by atoms with Crippen LogP contribution in [0.1, 0.15) is 31.0 Å². The van der Waals surface area contributed by atoms with Gasteiger partial charge in [0.15, 0.2) is 0 Å². The second kappa shape index (κ2) is 3.96. The van der Waals surface area contributed by atoms with Gasteiger partial charge in [0, 0.05) is 18.0 Å². The third-order valence-electron chi connectivity index (χ3n) is 2.92. The number of fused-ring (bicyclic) bond motifs is 1. The maximum atomic E-state index is 3.36. The molecule has 1 aliphatic rings. The number of nitrogens with zero attached hydrogens (tertiary/aromatic N) is 1. The lowest BCUT2D eigenvalue weighted by atomic mass is 10.2. The highest BCUT2D eigenvalue weighted by Crippen LogP contribution is 2.05. The first-order valence-corrected chi connectivity index (χ1v) is 5.53. The molecule has 1 aliphatic carbocycles. The molecular formula is C14H17N. The molecule has 0 saturated heterocycles. The van der Waals surface area contributed by atoms with Gasteiger partial charge < -0.3 is 4.57 Å². The Labute approximate surface area is 90.7 Å². The van der Waals surface area contributed by atoms with Crippen LogP contribution in [-0.4, -0.2) is 4.57 Å². The standard InChI is InChI=1S/C14H17N/c1-4-5-9-13-11(2)12-8-6-7-10-14(12)15(13)3/h5-6,9-10H,4,7H2,1-3H3/b9-5-. The third kappa shape index (κ3) is 1.60. The second-order valence-corrected chi connectivity index (χ2v) is 3.93. The van der Waals surface area contributed by atoms with Crippen molar-refractivity contribution in [2.75, 3.05) is 0 Å². The molecule has 0 amide bonds. The monoisotopic (exact) mass is 199 g/mol. The normalized spacial score (nSPS) is 13.8. The topological polar surface area (TPSA) is 4.93 Å². The van der Waals surface area contributed by atoms with Gasteiger partial charge in [0.1, 0.15) is 0 Å². The molecule has 0 N–H and O–H groups in total. The van der Waals surface area contributed by atoms with Crippen molar-refractivity contribution in [3.05, 3.63) is 34.0 Å². The lowest BCUT2D eigenvalue weighted by Crippen LogP contribution is -2.28. The van der Waals surface area contributed by atoms with Crippen molar-refractivity contribution in [3.63, 3.8) is 0 Å². The molecule has 0 spiro atoms. The van der Waals surface area contributed by atoms with Gasteiger partial charge >= 0.3 is 0 Å². The van der Waals surface area contributed by atoms with Crippen LogP contribution in [-0.2, 0) is 7.05 Å². The summed E-state index contributed by atoms with van der Waals surface area (Å²) in [4.78, 5) is 0. The summed E-state index contributed by atoms with van der Waals surface area (Å²) in [5, 5.41) is 2.57. The van der Waals surface area contributed by atoms with Gasteiger partial charge in [0.2, 0.25) is 0 Å². The highest BCUT2D eigenvalue weighted by atomic mass is 14.9. The molecule has 1 heterocycles. The number of rotatable bonds is 2. The van der Waals surface area contributed by atoms with E-state index >= 15 is 0 Å². The summed E-state index contributed by atoms with van der Waals surface area (Å²) in [6.07, 6.45) is 10.9. The van der Waals surface area contributed by atoms with Crippen LogP contribution in [0.25, 0.3) is 17.9 Å². The van der Waals surface area contributed by atoms with Crippen LogP contribution in [0.15, 0.2) is 12.2 Å². The van der Waals surface area contributed by atoms with Crippen molar-refractivity contribution in [2.45, 2.75) is 26.7 Å². The minimum absolute atomic E-state index is 1.00. The molecule has 2 rings (SSSR count). The first-order chi connectivity index (χ1) is 7.25. The summed E-state index contributed by atoms with van der Waals surface area (Å²) in [6.45, 7) is 4.33. The Morgan fingerprint density at radius 2 is 2.33 bits per heavy atom. The first kappa shape index (κ1) is 10.1. The van der Waals surface area contributed by atoms with Crippen LogP contribution >= 0.6 is 0 Å². The molecule has 1 heteroatoms. The first-order valence-electron chi connectivity index (χ1n) is 5.53. The predicted octanol–water partition coefficient (Wildman–Crippen LogP) is 1.88. The van der Waals surface area contributed by atoms with E-state index in [2.05, 4.69) is 55.5 Å². The molecule has 0 radical (unpaired) electrons. The van der Waals surface area contributed by atoms with E-state index in [1.54, 1.807) is 0 Å². The number of allylic oxidation sites excluding steroid dienone is 2. The Morgan fingerprint density at radius 1 is 1.53 bits per heavy atom. The summed E-state index contributed by atoms with van der Waals surface area (Å²) in [5.74, 6) is 0. The summed E-state index contributed by atoms with van der Waals surface area (Å²) in [6, 6.07) is 0. The van der Waals surface area contributed by atoms with Gasteiger partial charge in [-0.05, 0) is 37.5 Å². The summed E-state index contributed by atoms with van der Waals surface area (Å²) in [7, 11) is 2.13. The molecule has 0 aromatic carbocycles. The molecule has 1 aromatic heterocycles. The molecule has 0 saturated carbocycles. The molecule has 0 bridgehead atoms. The van der Waals surface area contributed by atoms with Gasteiger partial charge in [-0.25, -0.2) is 0 Å². The summed E-state index contributed by atoms with van der Waals surface area (Å²) < 4.78 is 2.26. The molecule has 0 atom stereocenters. The SMILES string of the molecule is CC/C=C\c1c(C)c2c(n1C)=CCC=C=2. The highest BCUT2D eigenvalue weighted by Gasteiger charge is 2.06. The molecule has 78 valence electrons. The van der Waals surface area contributed by atoms with Crippen molar-refractivity contribution in [2.24, 2.45) is 7.05 Å². The number of hydrogen-bond donors (Lipinski definition) is 0. The Kier molecular flexibility index (Phi) is 2.66. The van der Waals surface area contributed by atoms with E-state index in [1.165, 1.54) is 21.8 Å². The Bertz CT molecular complexity index is 549. The minimum atomic E-state index is 1.00. The van der Waals surface area contributed by atoms with Crippen LogP contribution in [0.3, 0.4) is 0 Å². The van der Waals surface area contributed by atoms with E-state index in [-0.39, 0.29) is 0 Å². The van der Waals surface area contributed by atoms with Crippen LogP contribution in [0.5, 0.6) is 0 Å². The van der Waals surface area contributed by atoms with Crippen LogP contribution < -0.4 is 10.6 Å². The zero-order valence-electron chi connectivity index (χ0n) is 9.67. The zero-order valence-corrected chi connectivity index (χ0v) is 9.67.